The molecule has 1 saturated heterocycles. The van der Waals surface area contributed by atoms with Crippen LogP contribution >= 0.6 is 0 Å². The Morgan fingerprint density at radius 2 is 2.15 bits per heavy atom. The van der Waals surface area contributed by atoms with E-state index in [0.717, 1.165) is 16.9 Å². The van der Waals surface area contributed by atoms with E-state index in [2.05, 4.69) is 10.6 Å². The lowest BCUT2D eigenvalue weighted by Gasteiger charge is -2.14. The Morgan fingerprint density at radius 3 is 2.75 bits per heavy atom. The molecule has 0 spiro atoms. The van der Waals surface area contributed by atoms with Crippen LogP contribution in [0.15, 0.2) is 18.2 Å². The number of rotatable bonds is 5. The Balaban J connectivity index is 1.73. The van der Waals surface area contributed by atoms with E-state index >= 15 is 0 Å². The van der Waals surface area contributed by atoms with Gasteiger partial charge in [-0.05, 0) is 31.4 Å². The number of carbonyl (C=O) groups is 1. The second kappa shape index (κ2) is 6.72. The fraction of sp³-hybridized carbons (Fsp3) is 0.533. The lowest BCUT2D eigenvalue weighted by molar-refractivity contribution is -0.123. The van der Waals surface area contributed by atoms with Crippen molar-refractivity contribution in [1.82, 2.24) is 10.6 Å². The summed E-state index contributed by atoms with van der Waals surface area (Å²) in [5.74, 6) is 0.808. The quantitative estimate of drug-likeness (QED) is 0.687. The Kier molecular flexibility index (Phi) is 4.98. The van der Waals surface area contributed by atoms with Crippen LogP contribution in [0.3, 0.4) is 0 Å². The maximum Gasteiger partial charge on any atom is 0.237 e. The molecule has 0 bridgehead atoms. The summed E-state index contributed by atoms with van der Waals surface area (Å²) in [7, 11) is 0. The number of hydrogen-bond donors (Lipinski definition) is 3. The smallest absolute Gasteiger partial charge is 0.237 e. The summed E-state index contributed by atoms with van der Waals surface area (Å²) in [6.45, 7) is 5.39. The fourth-order valence-corrected chi connectivity index (χ4v) is 2.39. The molecule has 20 heavy (non-hydrogen) atoms. The number of amides is 1. The molecule has 5 nitrogen and oxygen atoms in total. The van der Waals surface area contributed by atoms with Crippen LogP contribution < -0.4 is 15.4 Å². The van der Waals surface area contributed by atoms with Gasteiger partial charge in [0.15, 0.2) is 0 Å². The van der Waals surface area contributed by atoms with Crippen molar-refractivity contribution in [1.29, 1.82) is 0 Å². The molecule has 2 unspecified atom stereocenters. The zero-order valence-electron chi connectivity index (χ0n) is 12.0. The summed E-state index contributed by atoms with van der Waals surface area (Å²) in [4.78, 5) is 11.8. The highest BCUT2D eigenvalue weighted by molar-refractivity contribution is 5.82. The number of aryl methyl sites for hydroxylation is 2. The third kappa shape index (κ3) is 3.71. The van der Waals surface area contributed by atoms with Gasteiger partial charge in [-0.25, -0.2) is 0 Å². The molecule has 0 radical (unpaired) electrons. The van der Waals surface area contributed by atoms with Crippen LogP contribution in [0.25, 0.3) is 0 Å². The van der Waals surface area contributed by atoms with Gasteiger partial charge in [0.2, 0.25) is 5.91 Å². The highest BCUT2D eigenvalue weighted by Gasteiger charge is 2.27. The third-order valence-electron chi connectivity index (χ3n) is 3.48. The molecule has 2 atom stereocenters. The Morgan fingerprint density at radius 1 is 1.45 bits per heavy atom. The molecular formula is C15H22N2O3. The van der Waals surface area contributed by atoms with Gasteiger partial charge in [-0.2, -0.15) is 0 Å². The molecule has 1 aromatic carbocycles. The SMILES string of the molecule is Cc1cccc(C)c1OCCNC(=O)C1CC(O)CN1. The van der Waals surface area contributed by atoms with Gasteiger partial charge in [0, 0.05) is 6.54 Å². The average molecular weight is 278 g/mol. The first-order chi connectivity index (χ1) is 9.58. The molecule has 1 aliphatic rings. The van der Waals surface area contributed by atoms with Crippen LogP contribution in [0.4, 0.5) is 0 Å². The molecule has 1 heterocycles. The van der Waals surface area contributed by atoms with E-state index in [9.17, 15) is 9.90 Å². The molecule has 2 rings (SSSR count). The third-order valence-corrected chi connectivity index (χ3v) is 3.48. The van der Waals surface area contributed by atoms with Crippen LogP contribution in [-0.2, 0) is 4.79 Å². The lowest BCUT2D eigenvalue weighted by atomic mass is 10.1. The number of β-amino-alcohol motifs (C(OH)–C–C–N with tert-alkyl or cyclic N) is 1. The van der Waals surface area contributed by atoms with Crippen LogP contribution in [0.1, 0.15) is 17.5 Å². The number of para-hydroxylation sites is 1. The van der Waals surface area contributed by atoms with Gasteiger partial charge in [0.05, 0.1) is 18.7 Å². The Labute approximate surface area is 119 Å². The molecule has 110 valence electrons. The topological polar surface area (TPSA) is 70.6 Å². The van der Waals surface area contributed by atoms with Crippen LogP contribution in [0.5, 0.6) is 5.75 Å². The molecule has 0 saturated carbocycles. The van der Waals surface area contributed by atoms with Gasteiger partial charge in [0.25, 0.3) is 0 Å². The molecule has 1 amide bonds. The number of nitrogens with one attached hydrogen (secondary N) is 2. The van der Waals surface area contributed by atoms with Crippen molar-refractivity contribution in [3.63, 3.8) is 0 Å². The van der Waals surface area contributed by atoms with Gasteiger partial charge < -0.3 is 20.5 Å². The summed E-state index contributed by atoms with van der Waals surface area (Å²) in [5.41, 5.74) is 2.19. The second-order valence-electron chi connectivity index (χ2n) is 5.21. The van der Waals surface area contributed by atoms with Gasteiger partial charge in [-0.15, -0.1) is 0 Å². The largest absolute Gasteiger partial charge is 0.491 e. The van der Waals surface area contributed by atoms with E-state index in [1.807, 2.05) is 32.0 Å². The number of carbonyl (C=O) groups excluding carboxylic acids is 1. The van der Waals surface area contributed by atoms with Crippen LogP contribution in [-0.4, -0.2) is 42.9 Å². The molecule has 0 aromatic heterocycles. The summed E-state index contributed by atoms with van der Waals surface area (Å²) < 4.78 is 5.72. The minimum absolute atomic E-state index is 0.0772. The van der Waals surface area contributed by atoms with Gasteiger partial charge >= 0.3 is 0 Å². The minimum atomic E-state index is -0.420. The Bertz CT molecular complexity index is 456. The van der Waals surface area contributed by atoms with Crippen molar-refractivity contribution in [2.24, 2.45) is 0 Å². The molecule has 5 heteroatoms. The van der Waals surface area contributed by atoms with E-state index < -0.39 is 6.10 Å². The van der Waals surface area contributed by atoms with Crippen molar-refractivity contribution >= 4 is 5.91 Å². The van der Waals surface area contributed by atoms with Crippen molar-refractivity contribution in [3.05, 3.63) is 29.3 Å². The van der Waals surface area contributed by atoms with Crippen molar-refractivity contribution in [3.8, 4) is 5.75 Å². The van der Waals surface area contributed by atoms with E-state index in [1.165, 1.54) is 0 Å². The highest BCUT2D eigenvalue weighted by atomic mass is 16.5. The monoisotopic (exact) mass is 278 g/mol. The van der Waals surface area contributed by atoms with Crippen molar-refractivity contribution < 1.29 is 14.6 Å². The number of hydrogen-bond acceptors (Lipinski definition) is 4. The Hall–Kier alpha value is -1.59. The van der Waals surface area contributed by atoms with Gasteiger partial charge in [0.1, 0.15) is 12.4 Å². The normalized spacial score (nSPS) is 21.8. The standard InChI is InChI=1S/C15H22N2O3/c1-10-4-3-5-11(2)14(10)20-7-6-16-15(19)13-8-12(18)9-17-13/h3-5,12-13,17-18H,6-9H2,1-2H3,(H,16,19). The van der Waals surface area contributed by atoms with Crippen molar-refractivity contribution in [2.45, 2.75) is 32.4 Å². The number of aliphatic hydroxyl groups excluding tert-OH is 1. The first kappa shape index (κ1) is 14.8. The molecule has 1 fully saturated rings. The second-order valence-corrected chi connectivity index (χ2v) is 5.21. The van der Waals surface area contributed by atoms with E-state index in [1.54, 1.807) is 0 Å². The molecule has 1 aliphatic heterocycles. The summed E-state index contributed by atoms with van der Waals surface area (Å²) in [6.07, 6.45) is 0.0560. The summed E-state index contributed by atoms with van der Waals surface area (Å²) >= 11 is 0. The van der Waals surface area contributed by atoms with Crippen molar-refractivity contribution in [2.75, 3.05) is 19.7 Å². The number of ether oxygens (including phenoxy) is 1. The first-order valence-corrected chi connectivity index (χ1v) is 6.96. The lowest BCUT2D eigenvalue weighted by Crippen LogP contribution is -2.41. The zero-order chi connectivity index (χ0) is 14.5. The van der Waals surface area contributed by atoms with Crippen LogP contribution in [0.2, 0.25) is 0 Å². The zero-order valence-corrected chi connectivity index (χ0v) is 12.0. The maximum absolute atomic E-state index is 11.8. The van der Waals surface area contributed by atoms with Crippen LogP contribution in [0, 0.1) is 13.8 Å². The number of aliphatic hydroxyl groups is 1. The molecular weight excluding hydrogens is 256 g/mol. The summed E-state index contributed by atoms with van der Waals surface area (Å²) in [6, 6.07) is 5.72. The fourth-order valence-electron chi connectivity index (χ4n) is 2.39. The first-order valence-electron chi connectivity index (χ1n) is 6.96. The minimum Gasteiger partial charge on any atom is -0.491 e. The van der Waals surface area contributed by atoms with E-state index in [4.69, 9.17) is 4.74 Å². The molecule has 1 aromatic rings. The van der Waals surface area contributed by atoms with Gasteiger partial charge in [-0.1, -0.05) is 18.2 Å². The average Bonchev–Trinajstić information content (AvgIpc) is 2.84. The summed E-state index contributed by atoms with van der Waals surface area (Å²) in [5, 5.41) is 15.2. The predicted octanol–water partition coefficient (Wildman–Crippen LogP) is 0.521. The van der Waals surface area contributed by atoms with E-state index in [0.29, 0.717) is 26.1 Å². The highest BCUT2D eigenvalue weighted by Crippen LogP contribution is 2.21. The number of benzene rings is 1. The maximum atomic E-state index is 11.8. The molecule has 0 aliphatic carbocycles. The van der Waals surface area contributed by atoms with E-state index in [-0.39, 0.29) is 11.9 Å². The molecule has 3 N–H and O–H groups in total. The predicted molar refractivity (Wildman–Crippen MR) is 76.8 cm³/mol. The van der Waals surface area contributed by atoms with Gasteiger partial charge in [-0.3, -0.25) is 4.79 Å².